The number of benzene rings is 4. The normalized spacial score (nSPS) is 14.9. The summed E-state index contributed by atoms with van der Waals surface area (Å²) in [6.45, 7) is 2.82. The lowest BCUT2D eigenvalue weighted by Gasteiger charge is -2.24. The molecule has 0 bridgehead atoms. The number of thioether (sulfide) groups is 1. The van der Waals surface area contributed by atoms with Gasteiger partial charge in [-0.2, -0.15) is 4.57 Å². The van der Waals surface area contributed by atoms with Crippen molar-refractivity contribution in [3.05, 3.63) is 168 Å². The van der Waals surface area contributed by atoms with Crippen LogP contribution in [-0.4, -0.2) is 53.5 Å². The third kappa shape index (κ3) is 10.3. The molecule has 15 heteroatoms. The molecule has 6 aromatic rings. The Bertz CT molecular complexity index is 2910. The van der Waals surface area contributed by atoms with E-state index >= 15 is 0 Å². The van der Waals surface area contributed by atoms with Crippen LogP contribution >= 0.6 is 34.4 Å². The zero-order chi connectivity index (χ0) is 41.6. The summed E-state index contributed by atoms with van der Waals surface area (Å²) in [4.78, 5) is 18.0. The van der Waals surface area contributed by atoms with Crippen LogP contribution in [0.3, 0.4) is 0 Å². The maximum atomic E-state index is 14.1. The molecule has 0 saturated heterocycles. The van der Waals surface area contributed by atoms with Gasteiger partial charge in [0.05, 0.1) is 41.6 Å². The highest BCUT2D eigenvalue weighted by molar-refractivity contribution is 8.12. The van der Waals surface area contributed by atoms with Gasteiger partial charge in [0.15, 0.2) is 6.54 Å². The van der Waals surface area contributed by atoms with Crippen molar-refractivity contribution in [2.45, 2.75) is 32.9 Å². The Morgan fingerprint density at radius 1 is 0.678 bits per heavy atom. The predicted octanol–water partition coefficient (Wildman–Crippen LogP) is 6.51. The number of hydrogen-bond acceptors (Lipinski definition) is 11. The molecule has 1 aliphatic heterocycles. The second-order valence-corrected chi connectivity index (χ2v) is 19.7. The van der Waals surface area contributed by atoms with E-state index in [2.05, 4.69) is 0 Å². The SMILES string of the molecule is CCn1c(=Cc2sc(-c3ccccc3)c(-c3ccccc3)[n+]2CCCS(=O)(=O)[O-])sc(=CC=C2SC(c3ccccc3)=C(c3ccccc3)N2CCCS(=O)(=O)[O-])c1=O. The second kappa shape index (κ2) is 18.6. The molecular formula is C44H40N3O7S5-. The second-order valence-electron chi connectivity index (χ2n) is 13.6. The summed E-state index contributed by atoms with van der Waals surface area (Å²) in [6.07, 6.45) is 5.85. The lowest BCUT2D eigenvalue weighted by Crippen LogP contribution is -2.38. The lowest BCUT2D eigenvalue weighted by atomic mass is 10.1. The molecule has 0 N–H and O–H groups in total. The molecule has 7 rings (SSSR count). The summed E-state index contributed by atoms with van der Waals surface area (Å²) in [7, 11) is -8.88. The monoisotopic (exact) mass is 882 g/mol. The Balaban J connectivity index is 1.37. The van der Waals surface area contributed by atoms with E-state index in [9.17, 15) is 30.7 Å². The standard InChI is InChI=1S/C44H41N3O7S5/c1-2-45-38(31-39-47(28-16-30-59(52,53)54)41(33-19-9-4-10-20-33)43(57-39)35-23-13-6-14-24-35)55-36(44(45)48)25-26-37-46(27-15-29-58(49,50)51)40(32-17-7-3-8-18-32)42(56-37)34-21-11-5-12-22-34/h3-14,17-26,31H,2,15-16,27-30H2,1H3,(H-,49,50,51,52,53,54)/p-1. The molecule has 3 heterocycles. The molecule has 0 radical (unpaired) electrons. The molecular weight excluding hydrogens is 843 g/mol. The highest BCUT2D eigenvalue weighted by atomic mass is 32.2. The number of allylic oxidation sites excluding steroid dienone is 1. The molecule has 304 valence electrons. The Morgan fingerprint density at radius 2 is 1.22 bits per heavy atom. The van der Waals surface area contributed by atoms with Crippen LogP contribution in [0.5, 0.6) is 0 Å². The topological polar surface area (TPSA) is 144 Å². The maximum absolute atomic E-state index is 14.1. The van der Waals surface area contributed by atoms with Crippen molar-refractivity contribution in [1.82, 2.24) is 9.47 Å². The molecule has 4 aromatic carbocycles. The van der Waals surface area contributed by atoms with E-state index in [1.165, 1.54) is 34.4 Å². The first-order valence-electron chi connectivity index (χ1n) is 18.9. The van der Waals surface area contributed by atoms with Crippen LogP contribution in [0.2, 0.25) is 0 Å². The van der Waals surface area contributed by atoms with E-state index in [1.54, 1.807) is 10.6 Å². The quantitative estimate of drug-likeness (QED) is 0.0834. The van der Waals surface area contributed by atoms with Gasteiger partial charge in [-0.15, -0.1) is 11.3 Å². The maximum Gasteiger partial charge on any atom is 0.269 e. The van der Waals surface area contributed by atoms with Crippen molar-refractivity contribution in [3.63, 3.8) is 0 Å². The van der Waals surface area contributed by atoms with Crippen molar-refractivity contribution >= 4 is 77.4 Å². The van der Waals surface area contributed by atoms with Crippen LogP contribution in [0.1, 0.15) is 35.9 Å². The highest BCUT2D eigenvalue weighted by Gasteiger charge is 2.30. The van der Waals surface area contributed by atoms with E-state index < -0.39 is 31.7 Å². The average Bonchev–Trinajstić information content (AvgIpc) is 3.87. The van der Waals surface area contributed by atoms with Gasteiger partial charge in [-0.05, 0) is 54.3 Å². The van der Waals surface area contributed by atoms with E-state index in [0.717, 1.165) is 53.5 Å². The number of thiazole rings is 2. The molecule has 0 fully saturated rings. The molecule has 0 spiro atoms. The van der Waals surface area contributed by atoms with E-state index in [1.807, 2.05) is 150 Å². The van der Waals surface area contributed by atoms with Crippen molar-refractivity contribution in [2.24, 2.45) is 0 Å². The molecule has 1 aliphatic rings. The van der Waals surface area contributed by atoms with Crippen molar-refractivity contribution < 1.29 is 30.5 Å². The van der Waals surface area contributed by atoms with Crippen LogP contribution in [-0.2, 0) is 33.3 Å². The van der Waals surface area contributed by atoms with Crippen LogP contribution in [0.25, 0.3) is 44.5 Å². The van der Waals surface area contributed by atoms with E-state index in [0.29, 0.717) is 15.7 Å². The third-order valence-corrected chi connectivity index (χ3v) is 14.5. The minimum Gasteiger partial charge on any atom is -0.748 e. The van der Waals surface area contributed by atoms with Gasteiger partial charge in [0.1, 0.15) is 9.54 Å². The van der Waals surface area contributed by atoms with E-state index in [-0.39, 0.29) is 31.5 Å². The Hall–Kier alpha value is -4.87. The summed E-state index contributed by atoms with van der Waals surface area (Å²) < 4.78 is 75.0. The fraction of sp³-hybridized carbons (Fsp3) is 0.182. The fourth-order valence-corrected chi connectivity index (χ4v) is 11.5. The van der Waals surface area contributed by atoms with Gasteiger partial charge >= 0.3 is 0 Å². The first-order chi connectivity index (χ1) is 28.4. The Kier molecular flexibility index (Phi) is 13.3. The highest BCUT2D eigenvalue weighted by Crippen LogP contribution is 2.50. The molecule has 0 saturated carbocycles. The third-order valence-electron chi connectivity index (χ3n) is 9.51. The Labute approximate surface area is 356 Å². The van der Waals surface area contributed by atoms with Gasteiger partial charge in [-0.25, -0.2) is 16.8 Å². The fourth-order valence-electron chi connectivity index (χ4n) is 6.90. The summed E-state index contributed by atoms with van der Waals surface area (Å²) in [6, 6.07) is 39.4. The van der Waals surface area contributed by atoms with Crippen LogP contribution in [0, 0.1) is 0 Å². The van der Waals surface area contributed by atoms with E-state index in [4.69, 9.17) is 0 Å². The van der Waals surface area contributed by atoms with Gasteiger partial charge in [0, 0.05) is 41.5 Å². The first kappa shape index (κ1) is 42.3. The summed E-state index contributed by atoms with van der Waals surface area (Å²) >= 11 is 4.38. The smallest absolute Gasteiger partial charge is 0.269 e. The number of rotatable bonds is 15. The van der Waals surface area contributed by atoms with Crippen LogP contribution < -0.4 is 19.3 Å². The Morgan fingerprint density at radius 3 is 1.80 bits per heavy atom. The summed E-state index contributed by atoms with van der Waals surface area (Å²) in [5, 5.41) is 1.56. The largest absolute Gasteiger partial charge is 0.748 e. The van der Waals surface area contributed by atoms with Gasteiger partial charge < -0.3 is 14.0 Å². The minimum atomic E-state index is -4.44. The molecule has 0 atom stereocenters. The lowest BCUT2D eigenvalue weighted by molar-refractivity contribution is -0.682. The minimum absolute atomic E-state index is 0.110. The number of aromatic nitrogens is 2. The average molecular weight is 883 g/mol. The summed E-state index contributed by atoms with van der Waals surface area (Å²) in [5.74, 6) is -1.02. The zero-order valence-corrected chi connectivity index (χ0v) is 36.1. The number of hydrogen-bond donors (Lipinski definition) is 0. The van der Waals surface area contributed by atoms with Gasteiger partial charge in [-0.1, -0.05) is 132 Å². The molecule has 0 unspecified atom stereocenters. The van der Waals surface area contributed by atoms with Gasteiger partial charge in [0.2, 0.25) is 5.69 Å². The predicted molar refractivity (Wildman–Crippen MR) is 237 cm³/mol. The number of nitrogens with zero attached hydrogens (tertiary/aromatic N) is 3. The van der Waals surface area contributed by atoms with Gasteiger partial charge in [0.25, 0.3) is 10.6 Å². The molecule has 2 aromatic heterocycles. The molecule has 10 nitrogen and oxygen atoms in total. The van der Waals surface area contributed by atoms with Crippen molar-refractivity contribution in [2.75, 3.05) is 18.1 Å². The molecule has 0 amide bonds. The van der Waals surface area contributed by atoms with Crippen LogP contribution in [0.4, 0.5) is 0 Å². The molecule has 59 heavy (non-hydrogen) atoms. The van der Waals surface area contributed by atoms with Crippen molar-refractivity contribution in [1.29, 1.82) is 0 Å². The molecule has 0 aliphatic carbocycles. The van der Waals surface area contributed by atoms with Gasteiger partial charge in [-0.3, -0.25) is 9.36 Å². The van der Waals surface area contributed by atoms with Crippen LogP contribution in [0.15, 0.2) is 137 Å². The van der Waals surface area contributed by atoms with Crippen molar-refractivity contribution in [3.8, 4) is 21.7 Å². The first-order valence-corrected chi connectivity index (χ1v) is 24.5. The summed E-state index contributed by atoms with van der Waals surface area (Å²) in [5.41, 5.74) is 5.39. The zero-order valence-electron chi connectivity index (χ0n) is 32.0.